The molecule has 2 aliphatic heterocycles. The minimum atomic E-state index is -4.31. The summed E-state index contributed by atoms with van der Waals surface area (Å²) < 4.78 is 49.7. The molecule has 6 heterocycles. The maximum Gasteiger partial charge on any atom is 0.325 e. The van der Waals surface area contributed by atoms with Crippen LogP contribution < -0.4 is 17.0 Å². The molecule has 42 heavy (non-hydrogen) atoms. The maximum absolute atomic E-state index is 16.0. The van der Waals surface area contributed by atoms with Crippen LogP contribution in [0.15, 0.2) is 17.4 Å². The molecule has 0 saturated carbocycles. The number of rotatable bonds is 8. The van der Waals surface area contributed by atoms with Gasteiger partial charge in [0.1, 0.15) is 48.3 Å². The summed E-state index contributed by atoms with van der Waals surface area (Å²) in [5.74, 6) is -2.78. The number of nitrogens with zero attached hydrogens (tertiary/aromatic N) is 8. The summed E-state index contributed by atoms with van der Waals surface area (Å²) in [4.78, 5) is 41.0. The SMILES string of the molecule is Nc1nc2c(nnn2[C@@H]2S[C@H](CO)[C@@H](F)[C@H]2OP(O)(=S)OC[C@H]2OCC(F)(n3cnc4c(N)ncnc43)[C@@H]2O)c(=O)[nH]1. The molecule has 8 atom stereocenters. The van der Waals surface area contributed by atoms with E-state index in [2.05, 4.69) is 35.2 Å². The summed E-state index contributed by atoms with van der Waals surface area (Å²) in [7, 11) is 0. The Labute approximate surface area is 241 Å². The average molecular weight is 650 g/mol. The van der Waals surface area contributed by atoms with Gasteiger partial charge in [0.2, 0.25) is 11.7 Å². The largest absolute Gasteiger partial charge is 0.395 e. The van der Waals surface area contributed by atoms with Crippen molar-refractivity contribution in [3.8, 4) is 0 Å². The molecule has 4 aromatic rings. The summed E-state index contributed by atoms with van der Waals surface area (Å²) in [5.41, 5.74) is 10.5. The first-order chi connectivity index (χ1) is 19.9. The number of fused-ring (bicyclic) bond motifs is 2. The highest BCUT2D eigenvalue weighted by atomic mass is 32.5. The van der Waals surface area contributed by atoms with Crippen LogP contribution in [0.25, 0.3) is 22.3 Å². The number of hydrogen-bond acceptors (Lipinski definition) is 16. The summed E-state index contributed by atoms with van der Waals surface area (Å²) in [6.07, 6.45) is -4.45. The van der Waals surface area contributed by atoms with Gasteiger partial charge in [-0.1, -0.05) is 5.21 Å². The zero-order valence-corrected chi connectivity index (χ0v) is 23.5. The van der Waals surface area contributed by atoms with Gasteiger partial charge < -0.3 is 35.8 Å². The van der Waals surface area contributed by atoms with Crippen LogP contribution in [0.1, 0.15) is 5.37 Å². The number of anilines is 2. The van der Waals surface area contributed by atoms with E-state index < -0.39 is 73.0 Å². The fraction of sp³-hybridized carbons (Fsp3) is 0.526. The summed E-state index contributed by atoms with van der Waals surface area (Å²) >= 11 is 5.96. The van der Waals surface area contributed by atoms with Crippen LogP contribution in [0, 0.1) is 0 Å². The van der Waals surface area contributed by atoms with Gasteiger partial charge in [-0.15, -0.1) is 16.9 Å². The van der Waals surface area contributed by atoms with Crippen LogP contribution in [-0.4, -0.2) is 109 Å². The molecule has 2 saturated heterocycles. The summed E-state index contributed by atoms with van der Waals surface area (Å²) in [6, 6.07) is 0. The normalized spacial score (nSPS) is 31.3. The van der Waals surface area contributed by atoms with Crippen molar-refractivity contribution in [1.82, 2.24) is 44.5 Å². The Balaban J connectivity index is 1.19. The fourth-order valence-corrected chi connectivity index (χ4v) is 7.56. The van der Waals surface area contributed by atoms with E-state index in [4.69, 9.17) is 37.1 Å². The van der Waals surface area contributed by atoms with Crippen molar-refractivity contribution >= 4 is 64.4 Å². The Morgan fingerprint density at radius 3 is 2.86 bits per heavy atom. The van der Waals surface area contributed by atoms with Gasteiger partial charge in [-0.05, 0) is 11.8 Å². The van der Waals surface area contributed by atoms with Crippen LogP contribution in [0.4, 0.5) is 20.5 Å². The number of thioether (sulfide) groups is 1. The monoisotopic (exact) mass is 649 g/mol. The Morgan fingerprint density at radius 1 is 1.31 bits per heavy atom. The minimum Gasteiger partial charge on any atom is -0.395 e. The highest BCUT2D eigenvalue weighted by molar-refractivity contribution is 8.07. The van der Waals surface area contributed by atoms with Crippen LogP contribution in [-0.2, 0) is 31.4 Å². The lowest BCUT2D eigenvalue weighted by molar-refractivity contribution is -0.0463. The van der Waals surface area contributed by atoms with Crippen molar-refractivity contribution in [3.63, 3.8) is 0 Å². The second kappa shape index (κ2) is 10.6. The molecule has 0 amide bonds. The van der Waals surface area contributed by atoms with Crippen LogP contribution in [0.5, 0.6) is 0 Å². The topological polar surface area (TPSA) is 260 Å². The molecule has 18 nitrogen and oxygen atoms in total. The molecule has 0 aliphatic carbocycles. The molecule has 2 fully saturated rings. The van der Waals surface area contributed by atoms with E-state index in [9.17, 15) is 19.9 Å². The fourth-order valence-electron chi connectivity index (χ4n) is 4.69. The number of imidazole rings is 1. The Kier molecular flexibility index (Phi) is 7.38. The molecule has 8 N–H and O–H groups in total. The predicted molar refractivity (Wildman–Crippen MR) is 145 cm³/mol. The molecular formula is C19H22F2N11O7PS2. The molecule has 0 aromatic carbocycles. The molecule has 0 bridgehead atoms. The van der Waals surface area contributed by atoms with Gasteiger partial charge in [0.15, 0.2) is 22.6 Å². The number of ether oxygens (including phenoxy) is 1. The van der Waals surface area contributed by atoms with E-state index in [-0.39, 0.29) is 34.1 Å². The van der Waals surface area contributed by atoms with E-state index in [1.165, 1.54) is 0 Å². The molecule has 4 aromatic heterocycles. The molecule has 2 unspecified atom stereocenters. The van der Waals surface area contributed by atoms with Gasteiger partial charge in [0, 0.05) is 0 Å². The van der Waals surface area contributed by atoms with Crippen LogP contribution >= 0.6 is 18.5 Å². The molecule has 2 aliphatic rings. The van der Waals surface area contributed by atoms with Crippen LogP contribution in [0.3, 0.4) is 0 Å². The van der Waals surface area contributed by atoms with Crippen molar-refractivity contribution in [2.45, 2.75) is 40.9 Å². The molecule has 0 spiro atoms. The van der Waals surface area contributed by atoms with E-state index >= 15 is 8.78 Å². The number of nitrogens with one attached hydrogen (secondary N) is 1. The first-order valence-electron chi connectivity index (χ1n) is 12.0. The molecule has 6 rings (SSSR count). The third-order valence-corrected chi connectivity index (χ3v) is 9.83. The second-order valence-corrected chi connectivity index (χ2v) is 13.5. The Bertz CT molecular complexity index is 1760. The van der Waals surface area contributed by atoms with Gasteiger partial charge in [-0.3, -0.25) is 18.9 Å². The third-order valence-electron chi connectivity index (χ3n) is 6.76. The number of nitrogens with two attached hydrogens (primary N) is 2. The van der Waals surface area contributed by atoms with Gasteiger partial charge >= 0.3 is 6.72 Å². The summed E-state index contributed by atoms with van der Waals surface area (Å²) in [6.45, 7) is -6.21. The van der Waals surface area contributed by atoms with Gasteiger partial charge in [-0.2, -0.15) is 4.98 Å². The van der Waals surface area contributed by atoms with Crippen molar-refractivity contribution < 1.29 is 37.7 Å². The number of aliphatic hydroxyl groups is 2. The third kappa shape index (κ3) is 4.81. The van der Waals surface area contributed by atoms with E-state index in [0.29, 0.717) is 0 Å². The number of aromatic amines is 1. The Morgan fingerprint density at radius 2 is 2.10 bits per heavy atom. The van der Waals surface area contributed by atoms with Crippen molar-refractivity contribution in [1.29, 1.82) is 0 Å². The van der Waals surface area contributed by atoms with Gasteiger partial charge in [0.05, 0.1) is 24.8 Å². The minimum absolute atomic E-state index is 0.0108. The first-order valence-corrected chi connectivity index (χ1v) is 15.6. The van der Waals surface area contributed by atoms with Crippen molar-refractivity contribution in [2.24, 2.45) is 0 Å². The number of nitrogen functional groups attached to an aromatic ring is 2. The zero-order valence-electron chi connectivity index (χ0n) is 21.0. The van der Waals surface area contributed by atoms with Gasteiger partial charge in [-0.25, -0.2) is 28.4 Å². The van der Waals surface area contributed by atoms with Crippen molar-refractivity contribution in [3.05, 3.63) is 23.0 Å². The predicted octanol–water partition coefficient (Wildman–Crippen LogP) is -1.54. The lowest BCUT2D eigenvalue weighted by Gasteiger charge is -2.27. The van der Waals surface area contributed by atoms with Crippen molar-refractivity contribution in [2.75, 3.05) is 31.3 Å². The number of H-pyrrole nitrogens is 1. The van der Waals surface area contributed by atoms with E-state index in [0.717, 1.165) is 33.7 Å². The Hall–Kier alpha value is -2.95. The van der Waals surface area contributed by atoms with Gasteiger partial charge in [0.25, 0.3) is 5.56 Å². The quantitative estimate of drug-likeness (QED) is 0.118. The lowest BCUT2D eigenvalue weighted by Crippen LogP contribution is -2.43. The lowest BCUT2D eigenvalue weighted by atomic mass is 10.1. The number of aromatic nitrogens is 9. The second-order valence-electron chi connectivity index (χ2n) is 9.34. The maximum atomic E-state index is 16.0. The molecule has 226 valence electrons. The number of hydrogen-bond donors (Lipinski definition) is 6. The highest BCUT2D eigenvalue weighted by Gasteiger charge is 2.54. The molecular weight excluding hydrogens is 627 g/mol. The smallest absolute Gasteiger partial charge is 0.325 e. The number of alkyl halides is 2. The standard InChI is InChI=1S/C19H22F2N11O7PS2/c20-8-7(1-33)42-17(32-15-10(29-30-32)16(35)28-18(23)27-15)11(8)39-40(36,41)38-2-6-12(34)19(21,3-37-6)31-5-26-9-13(22)24-4-25-14(9)31/h4-8,11-12,17,33-34H,1-3H2,(H,36,41)(H2,22,24,25)(H3,23,27,28,35)/t6-,7-,8-,11-,12-,17-,19?,40?/m1/s1. The zero-order chi connectivity index (χ0) is 30.0. The van der Waals surface area contributed by atoms with E-state index in [1.54, 1.807) is 0 Å². The number of aliphatic hydroxyl groups excluding tert-OH is 2. The van der Waals surface area contributed by atoms with E-state index in [1.807, 2.05) is 0 Å². The molecule has 23 heteroatoms. The number of halogens is 2. The summed E-state index contributed by atoms with van der Waals surface area (Å²) in [5, 5.41) is 26.0. The molecule has 0 radical (unpaired) electrons. The van der Waals surface area contributed by atoms with Crippen LogP contribution in [0.2, 0.25) is 0 Å². The average Bonchev–Trinajstić information content (AvgIpc) is 3.70. The first kappa shape index (κ1) is 29.1. The highest BCUT2D eigenvalue weighted by Crippen LogP contribution is 2.54.